The summed E-state index contributed by atoms with van der Waals surface area (Å²) < 4.78 is 0. The summed E-state index contributed by atoms with van der Waals surface area (Å²) in [7, 11) is 0. The zero-order valence-electron chi connectivity index (χ0n) is 12.4. The third kappa shape index (κ3) is 4.77. The van der Waals surface area contributed by atoms with Crippen LogP contribution in [0.1, 0.15) is 39.0 Å². The molecule has 2 saturated heterocycles. The van der Waals surface area contributed by atoms with Crippen LogP contribution in [0, 0.1) is 5.92 Å². The van der Waals surface area contributed by atoms with Crippen molar-refractivity contribution in [1.29, 1.82) is 0 Å². The number of piperidine rings is 1. The number of nitrogens with one attached hydrogen (secondary N) is 1. The van der Waals surface area contributed by atoms with E-state index in [0.29, 0.717) is 12.3 Å². The van der Waals surface area contributed by atoms with Crippen LogP contribution in [0.15, 0.2) is 0 Å². The molecule has 110 valence electrons. The van der Waals surface area contributed by atoms with Gasteiger partial charge in [0.05, 0.1) is 0 Å². The molecule has 1 unspecified atom stereocenters. The fourth-order valence-electron chi connectivity index (χ4n) is 3.32. The first-order valence-corrected chi connectivity index (χ1v) is 8.00. The van der Waals surface area contributed by atoms with Crippen LogP contribution in [0.4, 0.5) is 0 Å². The molecule has 4 heteroatoms. The van der Waals surface area contributed by atoms with Gasteiger partial charge >= 0.3 is 0 Å². The van der Waals surface area contributed by atoms with Crippen molar-refractivity contribution in [3.05, 3.63) is 0 Å². The molecule has 0 aromatic heterocycles. The molecule has 2 heterocycles. The van der Waals surface area contributed by atoms with Crippen molar-refractivity contribution in [3.8, 4) is 0 Å². The fourth-order valence-corrected chi connectivity index (χ4v) is 3.32. The Kier molecular flexibility index (Phi) is 6.11. The second kappa shape index (κ2) is 7.85. The van der Waals surface area contributed by atoms with E-state index in [1.807, 2.05) is 4.90 Å². The summed E-state index contributed by atoms with van der Waals surface area (Å²) in [6.45, 7) is 9.31. The molecule has 2 fully saturated rings. The second-order valence-electron chi connectivity index (χ2n) is 5.98. The summed E-state index contributed by atoms with van der Waals surface area (Å²) >= 11 is 0. The van der Waals surface area contributed by atoms with Crippen LogP contribution in [0.2, 0.25) is 0 Å². The van der Waals surface area contributed by atoms with Crippen molar-refractivity contribution >= 4 is 5.91 Å². The molecule has 2 aliphatic rings. The maximum absolute atomic E-state index is 12.1. The zero-order valence-corrected chi connectivity index (χ0v) is 12.4. The van der Waals surface area contributed by atoms with Gasteiger partial charge in [0.25, 0.3) is 0 Å². The number of nitrogens with zero attached hydrogens (tertiary/aromatic N) is 2. The van der Waals surface area contributed by atoms with Gasteiger partial charge in [0.15, 0.2) is 0 Å². The molecule has 1 N–H and O–H groups in total. The average Bonchev–Trinajstić information content (AvgIpc) is 2.46. The first kappa shape index (κ1) is 14.8. The van der Waals surface area contributed by atoms with Crippen LogP contribution in [-0.4, -0.2) is 61.5 Å². The van der Waals surface area contributed by atoms with Gasteiger partial charge < -0.3 is 15.1 Å². The standard InChI is InChI=1S/C15H29N3O/c1-2-4-14-5-3-9-17(13-14)10-6-15(19)18-11-7-16-8-12-18/h14,16H,2-13H2,1H3. The average molecular weight is 267 g/mol. The van der Waals surface area contributed by atoms with E-state index in [1.165, 1.54) is 38.8 Å². The fraction of sp³-hybridized carbons (Fsp3) is 0.933. The maximum atomic E-state index is 12.1. The topological polar surface area (TPSA) is 35.6 Å². The molecule has 0 aliphatic carbocycles. The Morgan fingerprint density at radius 1 is 1.26 bits per heavy atom. The Balaban J connectivity index is 1.67. The highest BCUT2D eigenvalue weighted by molar-refractivity contribution is 5.76. The van der Waals surface area contributed by atoms with E-state index in [1.54, 1.807) is 0 Å². The number of amides is 1. The molecule has 0 aromatic rings. The Morgan fingerprint density at radius 3 is 2.79 bits per heavy atom. The minimum atomic E-state index is 0.346. The molecule has 0 aromatic carbocycles. The van der Waals surface area contributed by atoms with Crippen LogP contribution >= 0.6 is 0 Å². The molecule has 19 heavy (non-hydrogen) atoms. The van der Waals surface area contributed by atoms with Crippen molar-refractivity contribution in [1.82, 2.24) is 15.1 Å². The highest BCUT2D eigenvalue weighted by Gasteiger charge is 2.21. The molecule has 1 amide bonds. The van der Waals surface area contributed by atoms with Gasteiger partial charge in [-0.2, -0.15) is 0 Å². The van der Waals surface area contributed by atoms with Crippen molar-refractivity contribution in [2.24, 2.45) is 5.92 Å². The lowest BCUT2D eigenvalue weighted by Gasteiger charge is -2.33. The first-order valence-electron chi connectivity index (χ1n) is 8.00. The van der Waals surface area contributed by atoms with Gasteiger partial charge in [-0.05, 0) is 31.7 Å². The van der Waals surface area contributed by atoms with E-state index < -0.39 is 0 Å². The monoisotopic (exact) mass is 267 g/mol. The smallest absolute Gasteiger partial charge is 0.223 e. The summed E-state index contributed by atoms with van der Waals surface area (Å²) in [5.74, 6) is 1.21. The van der Waals surface area contributed by atoms with E-state index in [4.69, 9.17) is 0 Å². The van der Waals surface area contributed by atoms with Crippen LogP contribution in [0.25, 0.3) is 0 Å². The van der Waals surface area contributed by atoms with Gasteiger partial charge in [0.1, 0.15) is 0 Å². The first-order chi connectivity index (χ1) is 9.29. The van der Waals surface area contributed by atoms with Crippen molar-refractivity contribution in [2.45, 2.75) is 39.0 Å². The Hall–Kier alpha value is -0.610. The molecule has 1 atom stereocenters. The van der Waals surface area contributed by atoms with Crippen LogP contribution in [0.3, 0.4) is 0 Å². The third-order valence-electron chi connectivity index (χ3n) is 4.41. The SMILES string of the molecule is CCCC1CCCN(CCC(=O)N2CCNCC2)C1. The van der Waals surface area contributed by atoms with E-state index in [-0.39, 0.29) is 0 Å². The van der Waals surface area contributed by atoms with Crippen molar-refractivity contribution in [3.63, 3.8) is 0 Å². The van der Waals surface area contributed by atoms with Gasteiger partial charge in [-0.15, -0.1) is 0 Å². The van der Waals surface area contributed by atoms with E-state index in [2.05, 4.69) is 17.1 Å². The van der Waals surface area contributed by atoms with Gasteiger partial charge in [-0.1, -0.05) is 13.3 Å². The summed E-state index contributed by atoms with van der Waals surface area (Å²) in [5, 5.41) is 3.29. The number of carbonyl (C=O) groups excluding carboxylic acids is 1. The molecule has 0 saturated carbocycles. The Bertz CT molecular complexity index is 275. The molecule has 2 rings (SSSR count). The quantitative estimate of drug-likeness (QED) is 0.816. The number of hydrogen-bond acceptors (Lipinski definition) is 3. The highest BCUT2D eigenvalue weighted by atomic mass is 16.2. The van der Waals surface area contributed by atoms with Crippen LogP contribution < -0.4 is 5.32 Å². The summed E-state index contributed by atoms with van der Waals surface area (Å²) in [4.78, 5) is 16.6. The normalized spacial score (nSPS) is 25.5. The lowest BCUT2D eigenvalue weighted by atomic mass is 9.93. The van der Waals surface area contributed by atoms with Gasteiger partial charge in [0.2, 0.25) is 5.91 Å². The van der Waals surface area contributed by atoms with Crippen LogP contribution in [0.5, 0.6) is 0 Å². The number of hydrogen-bond donors (Lipinski definition) is 1. The van der Waals surface area contributed by atoms with E-state index >= 15 is 0 Å². The molecular formula is C15H29N3O. The largest absolute Gasteiger partial charge is 0.340 e. The molecule has 0 bridgehead atoms. The highest BCUT2D eigenvalue weighted by Crippen LogP contribution is 2.20. The van der Waals surface area contributed by atoms with Gasteiger partial charge in [-0.3, -0.25) is 4.79 Å². The van der Waals surface area contributed by atoms with E-state index in [0.717, 1.165) is 38.6 Å². The summed E-state index contributed by atoms with van der Waals surface area (Å²) in [6, 6.07) is 0. The van der Waals surface area contributed by atoms with Crippen molar-refractivity contribution in [2.75, 3.05) is 45.8 Å². The molecule has 2 aliphatic heterocycles. The Labute approximate surface area is 117 Å². The second-order valence-corrected chi connectivity index (χ2v) is 5.98. The molecule has 0 spiro atoms. The zero-order chi connectivity index (χ0) is 13.5. The van der Waals surface area contributed by atoms with Crippen molar-refractivity contribution < 1.29 is 4.79 Å². The Morgan fingerprint density at radius 2 is 2.05 bits per heavy atom. The molecule has 4 nitrogen and oxygen atoms in total. The van der Waals surface area contributed by atoms with Gasteiger partial charge in [0, 0.05) is 45.7 Å². The summed E-state index contributed by atoms with van der Waals surface area (Å²) in [5.41, 5.74) is 0. The number of rotatable bonds is 5. The minimum absolute atomic E-state index is 0.346. The maximum Gasteiger partial charge on any atom is 0.223 e. The minimum Gasteiger partial charge on any atom is -0.340 e. The molecular weight excluding hydrogens is 238 g/mol. The lowest BCUT2D eigenvalue weighted by Crippen LogP contribution is -2.47. The lowest BCUT2D eigenvalue weighted by molar-refractivity contribution is -0.132. The number of piperazine rings is 1. The third-order valence-corrected chi connectivity index (χ3v) is 4.41. The number of likely N-dealkylation sites (tertiary alicyclic amines) is 1. The predicted molar refractivity (Wildman–Crippen MR) is 78.1 cm³/mol. The van der Waals surface area contributed by atoms with E-state index in [9.17, 15) is 4.79 Å². The summed E-state index contributed by atoms with van der Waals surface area (Å²) in [6.07, 6.45) is 6.04. The van der Waals surface area contributed by atoms with Crippen LogP contribution in [-0.2, 0) is 4.79 Å². The van der Waals surface area contributed by atoms with Gasteiger partial charge in [-0.25, -0.2) is 0 Å². The predicted octanol–water partition coefficient (Wildman–Crippen LogP) is 1.32. The molecule has 0 radical (unpaired) electrons. The number of carbonyl (C=O) groups is 1.